The summed E-state index contributed by atoms with van der Waals surface area (Å²) >= 11 is 0. The van der Waals surface area contributed by atoms with Crippen molar-refractivity contribution in [3.63, 3.8) is 0 Å². The Labute approximate surface area is 153 Å². The number of nitrogens with zero attached hydrogens (tertiary/aromatic N) is 1. The Morgan fingerprint density at radius 2 is 1.42 bits per heavy atom. The third-order valence-corrected chi connectivity index (χ3v) is 4.48. The lowest BCUT2D eigenvalue weighted by Crippen LogP contribution is -2.33. The van der Waals surface area contributed by atoms with Gasteiger partial charge in [0.05, 0.1) is 30.4 Å². The van der Waals surface area contributed by atoms with E-state index in [4.69, 9.17) is 9.47 Å². The molecule has 136 valence electrons. The van der Waals surface area contributed by atoms with Crippen LogP contribution in [-0.2, 0) is 0 Å². The SMILES string of the molecule is CCOc1ccc([C@H](CC)N2C(=O)c3ccccc3C2=O)cc1OCC. The van der Waals surface area contributed by atoms with Crippen LogP contribution in [0, 0.1) is 0 Å². The van der Waals surface area contributed by atoms with Gasteiger partial charge in [-0.1, -0.05) is 25.1 Å². The highest BCUT2D eigenvalue weighted by Crippen LogP contribution is 2.37. The van der Waals surface area contributed by atoms with Crippen LogP contribution in [0.1, 0.15) is 59.5 Å². The summed E-state index contributed by atoms with van der Waals surface area (Å²) in [5, 5.41) is 0. The van der Waals surface area contributed by atoms with Crippen molar-refractivity contribution in [2.75, 3.05) is 13.2 Å². The first-order valence-corrected chi connectivity index (χ1v) is 8.98. The van der Waals surface area contributed by atoms with Gasteiger partial charge < -0.3 is 9.47 Å². The molecule has 5 nitrogen and oxygen atoms in total. The number of hydrogen-bond acceptors (Lipinski definition) is 4. The van der Waals surface area contributed by atoms with E-state index < -0.39 is 0 Å². The summed E-state index contributed by atoms with van der Waals surface area (Å²) < 4.78 is 11.3. The van der Waals surface area contributed by atoms with Crippen LogP contribution < -0.4 is 9.47 Å². The number of ether oxygens (including phenoxy) is 2. The Balaban J connectivity index is 1.98. The molecule has 0 saturated carbocycles. The minimum absolute atomic E-state index is 0.246. The van der Waals surface area contributed by atoms with E-state index in [1.165, 1.54) is 4.90 Å². The van der Waals surface area contributed by atoms with Gasteiger partial charge in [-0.15, -0.1) is 0 Å². The Morgan fingerprint density at radius 3 is 1.96 bits per heavy atom. The first kappa shape index (κ1) is 18.0. The zero-order chi connectivity index (χ0) is 18.7. The van der Waals surface area contributed by atoms with Crippen molar-refractivity contribution >= 4 is 11.8 Å². The molecule has 5 heteroatoms. The van der Waals surface area contributed by atoms with Crippen LogP contribution in [0.2, 0.25) is 0 Å². The predicted octanol–water partition coefficient (Wildman–Crippen LogP) is 4.23. The maximum atomic E-state index is 12.8. The van der Waals surface area contributed by atoms with Crippen LogP contribution in [0.25, 0.3) is 0 Å². The molecule has 2 amide bonds. The van der Waals surface area contributed by atoms with Gasteiger partial charge in [-0.2, -0.15) is 0 Å². The van der Waals surface area contributed by atoms with Gasteiger partial charge in [-0.25, -0.2) is 0 Å². The van der Waals surface area contributed by atoms with E-state index in [1.807, 2.05) is 39.0 Å². The molecule has 1 heterocycles. The Morgan fingerprint density at radius 1 is 0.846 bits per heavy atom. The normalized spacial score (nSPS) is 14.3. The van der Waals surface area contributed by atoms with E-state index >= 15 is 0 Å². The van der Waals surface area contributed by atoms with Crippen molar-refractivity contribution in [1.82, 2.24) is 4.90 Å². The largest absolute Gasteiger partial charge is 0.490 e. The molecule has 0 radical (unpaired) electrons. The highest BCUT2D eigenvalue weighted by Gasteiger charge is 2.39. The minimum atomic E-state index is -0.350. The molecule has 1 aliphatic rings. The van der Waals surface area contributed by atoms with Crippen LogP contribution in [0.15, 0.2) is 42.5 Å². The number of carbonyl (C=O) groups excluding carboxylic acids is 2. The van der Waals surface area contributed by atoms with Crippen LogP contribution >= 0.6 is 0 Å². The lowest BCUT2D eigenvalue weighted by atomic mass is 10.0. The molecule has 0 fully saturated rings. The second kappa shape index (κ2) is 7.60. The maximum absolute atomic E-state index is 12.8. The maximum Gasteiger partial charge on any atom is 0.262 e. The number of hydrogen-bond donors (Lipinski definition) is 0. The summed E-state index contributed by atoms with van der Waals surface area (Å²) in [5.74, 6) is 0.797. The first-order chi connectivity index (χ1) is 12.6. The zero-order valence-corrected chi connectivity index (χ0v) is 15.3. The van der Waals surface area contributed by atoms with Crippen LogP contribution in [-0.4, -0.2) is 29.9 Å². The second-order valence-electron chi connectivity index (χ2n) is 6.02. The fraction of sp³-hybridized carbons (Fsp3) is 0.333. The van der Waals surface area contributed by atoms with Crippen LogP contribution in [0.4, 0.5) is 0 Å². The van der Waals surface area contributed by atoms with Gasteiger partial charge in [0.2, 0.25) is 0 Å². The number of imide groups is 1. The molecule has 2 aromatic rings. The average molecular weight is 353 g/mol. The van der Waals surface area contributed by atoms with Crippen molar-refractivity contribution in [3.05, 3.63) is 59.2 Å². The third kappa shape index (κ3) is 3.05. The van der Waals surface area contributed by atoms with Crippen molar-refractivity contribution < 1.29 is 19.1 Å². The third-order valence-electron chi connectivity index (χ3n) is 4.48. The lowest BCUT2D eigenvalue weighted by molar-refractivity contribution is 0.0577. The summed E-state index contributed by atoms with van der Waals surface area (Å²) in [4.78, 5) is 27.0. The van der Waals surface area contributed by atoms with E-state index in [0.29, 0.717) is 42.3 Å². The van der Waals surface area contributed by atoms with Gasteiger partial charge in [0.1, 0.15) is 0 Å². The van der Waals surface area contributed by atoms with E-state index in [0.717, 1.165) is 5.56 Å². The van der Waals surface area contributed by atoms with Gasteiger partial charge in [0.15, 0.2) is 11.5 Å². The van der Waals surface area contributed by atoms with Gasteiger partial charge in [0, 0.05) is 0 Å². The lowest BCUT2D eigenvalue weighted by Gasteiger charge is -2.26. The summed E-state index contributed by atoms with van der Waals surface area (Å²) in [6.07, 6.45) is 0.616. The molecule has 0 saturated heterocycles. The van der Waals surface area contributed by atoms with Crippen LogP contribution in [0.3, 0.4) is 0 Å². The average Bonchev–Trinajstić information content (AvgIpc) is 2.90. The molecule has 3 rings (SSSR count). The summed E-state index contributed by atoms with van der Waals surface area (Å²) in [5.41, 5.74) is 1.78. The van der Waals surface area contributed by atoms with Crippen molar-refractivity contribution in [2.24, 2.45) is 0 Å². The van der Waals surface area contributed by atoms with Crippen molar-refractivity contribution in [2.45, 2.75) is 33.2 Å². The van der Waals surface area contributed by atoms with Gasteiger partial charge >= 0.3 is 0 Å². The molecule has 1 atom stereocenters. The zero-order valence-electron chi connectivity index (χ0n) is 15.3. The highest BCUT2D eigenvalue weighted by atomic mass is 16.5. The summed E-state index contributed by atoms with van der Waals surface area (Å²) in [7, 11) is 0. The Bertz CT molecular complexity index is 796. The van der Waals surface area contributed by atoms with Gasteiger partial charge in [-0.3, -0.25) is 14.5 Å². The Kier molecular flexibility index (Phi) is 5.26. The van der Waals surface area contributed by atoms with Gasteiger partial charge in [-0.05, 0) is 50.1 Å². The fourth-order valence-corrected chi connectivity index (χ4v) is 3.33. The molecular formula is C21H23NO4. The first-order valence-electron chi connectivity index (χ1n) is 8.98. The minimum Gasteiger partial charge on any atom is -0.490 e. The van der Waals surface area contributed by atoms with Gasteiger partial charge in [0.25, 0.3) is 11.8 Å². The van der Waals surface area contributed by atoms with E-state index in [1.54, 1.807) is 24.3 Å². The molecule has 0 bridgehead atoms. The number of amides is 2. The smallest absolute Gasteiger partial charge is 0.262 e. The number of fused-ring (bicyclic) bond motifs is 1. The van der Waals surface area contributed by atoms with E-state index in [2.05, 4.69) is 0 Å². The molecule has 0 aliphatic carbocycles. The van der Waals surface area contributed by atoms with Crippen molar-refractivity contribution in [1.29, 1.82) is 0 Å². The molecule has 0 aromatic heterocycles. The monoisotopic (exact) mass is 353 g/mol. The molecular weight excluding hydrogens is 330 g/mol. The molecule has 26 heavy (non-hydrogen) atoms. The topological polar surface area (TPSA) is 55.8 Å². The number of benzene rings is 2. The van der Waals surface area contributed by atoms with Crippen molar-refractivity contribution in [3.8, 4) is 11.5 Å². The molecule has 2 aromatic carbocycles. The van der Waals surface area contributed by atoms with E-state index in [-0.39, 0.29) is 17.9 Å². The quantitative estimate of drug-likeness (QED) is 0.699. The molecule has 0 unspecified atom stereocenters. The van der Waals surface area contributed by atoms with E-state index in [9.17, 15) is 9.59 Å². The summed E-state index contributed by atoms with van der Waals surface area (Å²) in [6.45, 7) is 6.83. The van der Waals surface area contributed by atoms with Crippen LogP contribution in [0.5, 0.6) is 11.5 Å². The second-order valence-corrected chi connectivity index (χ2v) is 6.02. The Hall–Kier alpha value is -2.82. The standard InChI is InChI=1S/C21H23NO4/c1-4-17(14-11-12-18(25-5-2)19(13-14)26-6-3)22-20(23)15-9-7-8-10-16(15)21(22)24/h7-13,17H,4-6H2,1-3H3/t17-/m0/s1. The molecule has 0 spiro atoms. The summed E-state index contributed by atoms with van der Waals surface area (Å²) in [6, 6.07) is 12.2. The molecule has 1 aliphatic heterocycles. The molecule has 0 N–H and O–H groups in total. The predicted molar refractivity (Wildman–Crippen MR) is 98.8 cm³/mol. The highest BCUT2D eigenvalue weighted by molar-refractivity contribution is 6.21. The fourth-order valence-electron chi connectivity index (χ4n) is 3.33. The number of carbonyl (C=O) groups is 2. The number of rotatable bonds is 7.